The molecule has 2 atom stereocenters. The maximum absolute atomic E-state index is 4.77. The summed E-state index contributed by atoms with van der Waals surface area (Å²) in [6, 6.07) is 14.7. The third-order valence-electron chi connectivity index (χ3n) is 5.09. The predicted octanol–water partition coefficient (Wildman–Crippen LogP) is 3.81. The summed E-state index contributed by atoms with van der Waals surface area (Å²) in [6.07, 6.45) is 6.13. The summed E-state index contributed by atoms with van der Waals surface area (Å²) < 4.78 is 0. The first-order valence-electron chi connectivity index (χ1n) is 8.93. The lowest BCUT2D eigenvalue weighted by atomic mass is 9.95. The molecule has 1 fully saturated rings. The molecule has 3 aromatic rings. The molecule has 0 amide bonds. The van der Waals surface area contributed by atoms with Gasteiger partial charge in [-0.3, -0.25) is 15.0 Å². The van der Waals surface area contributed by atoms with Crippen LogP contribution in [0, 0.1) is 0 Å². The minimum Gasteiger partial charge on any atom is -0.296 e. The van der Waals surface area contributed by atoms with Gasteiger partial charge in [0.25, 0.3) is 0 Å². The van der Waals surface area contributed by atoms with Crippen LogP contribution in [0.2, 0.25) is 0 Å². The molecule has 4 rings (SSSR count). The fraction of sp³-hybridized carbons (Fsp3) is 0.350. The van der Waals surface area contributed by atoms with E-state index in [9.17, 15) is 0 Å². The second kappa shape index (κ2) is 7.15. The van der Waals surface area contributed by atoms with E-state index in [0.717, 1.165) is 36.7 Å². The Morgan fingerprint density at radius 2 is 2.04 bits per heavy atom. The largest absolute Gasteiger partial charge is 0.296 e. The van der Waals surface area contributed by atoms with Crippen LogP contribution in [-0.2, 0) is 0 Å². The molecule has 0 radical (unpaired) electrons. The maximum atomic E-state index is 4.77. The molecule has 1 N–H and O–H groups in total. The second-order valence-electron chi connectivity index (χ2n) is 6.71. The highest BCUT2D eigenvalue weighted by atomic mass is 15.2. The van der Waals surface area contributed by atoms with Crippen LogP contribution in [-0.4, -0.2) is 38.2 Å². The zero-order valence-electron chi connectivity index (χ0n) is 14.5. The van der Waals surface area contributed by atoms with Gasteiger partial charge < -0.3 is 0 Å². The lowest BCUT2D eigenvalue weighted by Gasteiger charge is -2.36. The SMILES string of the molecule is C[C@@H](c1cccnc1)N1CCC[C@@H](c2nc(-c3ccccc3)n[nH]2)C1. The Balaban J connectivity index is 1.49. The van der Waals surface area contributed by atoms with Crippen molar-refractivity contribution in [3.63, 3.8) is 0 Å². The average molecular weight is 333 g/mol. The highest BCUT2D eigenvalue weighted by molar-refractivity contribution is 5.53. The van der Waals surface area contributed by atoms with Gasteiger partial charge in [-0.2, -0.15) is 5.10 Å². The van der Waals surface area contributed by atoms with Crippen molar-refractivity contribution in [1.29, 1.82) is 0 Å². The standard InChI is InChI=1S/C20H23N5/c1-15(17-9-5-11-21-13-17)25-12-6-10-18(14-25)20-22-19(23-24-20)16-7-3-2-4-8-16/h2-5,7-9,11,13,15,18H,6,10,12,14H2,1H3,(H,22,23,24)/t15-,18+/m0/s1. The molecule has 25 heavy (non-hydrogen) atoms. The molecular formula is C20H23N5. The number of aromatic amines is 1. The third kappa shape index (κ3) is 3.46. The number of aromatic nitrogens is 4. The Kier molecular flexibility index (Phi) is 4.57. The number of rotatable bonds is 4. The fourth-order valence-electron chi connectivity index (χ4n) is 3.59. The highest BCUT2D eigenvalue weighted by Crippen LogP contribution is 2.31. The molecular weight excluding hydrogens is 310 g/mol. The van der Waals surface area contributed by atoms with Gasteiger partial charge in [-0.1, -0.05) is 36.4 Å². The van der Waals surface area contributed by atoms with Gasteiger partial charge in [-0.15, -0.1) is 0 Å². The number of hydrogen-bond donors (Lipinski definition) is 1. The summed E-state index contributed by atoms with van der Waals surface area (Å²) in [4.78, 5) is 11.5. The molecule has 1 aromatic carbocycles. The van der Waals surface area contributed by atoms with Crippen LogP contribution in [0.25, 0.3) is 11.4 Å². The summed E-state index contributed by atoms with van der Waals surface area (Å²) in [5.74, 6) is 2.19. The van der Waals surface area contributed by atoms with E-state index in [4.69, 9.17) is 4.98 Å². The molecule has 0 spiro atoms. The number of pyridine rings is 1. The van der Waals surface area contributed by atoms with E-state index in [1.54, 1.807) is 0 Å². The molecule has 1 saturated heterocycles. The van der Waals surface area contributed by atoms with E-state index in [-0.39, 0.29) is 0 Å². The topological polar surface area (TPSA) is 57.7 Å². The molecule has 3 heterocycles. The van der Waals surface area contributed by atoms with Crippen molar-refractivity contribution in [1.82, 2.24) is 25.1 Å². The van der Waals surface area contributed by atoms with E-state index >= 15 is 0 Å². The first-order chi connectivity index (χ1) is 12.3. The molecule has 5 heteroatoms. The Morgan fingerprint density at radius 1 is 1.16 bits per heavy atom. The highest BCUT2D eigenvalue weighted by Gasteiger charge is 2.27. The van der Waals surface area contributed by atoms with Gasteiger partial charge in [0.05, 0.1) is 0 Å². The first-order valence-corrected chi connectivity index (χ1v) is 8.93. The molecule has 0 aliphatic carbocycles. The second-order valence-corrected chi connectivity index (χ2v) is 6.71. The van der Waals surface area contributed by atoms with Gasteiger partial charge in [0.1, 0.15) is 5.82 Å². The van der Waals surface area contributed by atoms with Gasteiger partial charge in [0.2, 0.25) is 0 Å². The monoisotopic (exact) mass is 333 g/mol. The summed E-state index contributed by atoms with van der Waals surface area (Å²) in [7, 11) is 0. The molecule has 1 aliphatic rings. The van der Waals surface area contributed by atoms with Crippen molar-refractivity contribution in [2.45, 2.75) is 31.7 Å². The Labute approximate surface area is 148 Å². The van der Waals surface area contributed by atoms with Gasteiger partial charge in [0, 0.05) is 36.5 Å². The van der Waals surface area contributed by atoms with Crippen LogP contribution in [0.15, 0.2) is 54.9 Å². The van der Waals surface area contributed by atoms with Crippen molar-refractivity contribution < 1.29 is 0 Å². The smallest absolute Gasteiger partial charge is 0.181 e. The number of hydrogen-bond acceptors (Lipinski definition) is 4. The van der Waals surface area contributed by atoms with Crippen molar-refractivity contribution in [3.8, 4) is 11.4 Å². The quantitative estimate of drug-likeness (QED) is 0.789. The number of piperidine rings is 1. The summed E-state index contributed by atoms with van der Waals surface area (Å²) in [6.45, 7) is 4.38. The van der Waals surface area contributed by atoms with Crippen molar-refractivity contribution in [2.75, 3.05) is 13.1 Å². The first kappa shape index (κ1) is 16.0. The van der Waals surface area contributed by atoms with Crippen LogP contribution in [0.3, 0.4) is 0 Å². The molecule has 128 valence electrons. The number of benzene rings is 1. The number of nitrogens with zero attached hydrogens (tertiary/aromatic N) is 4. The van der Waals surface area contributed by atoms with Gasteiger partial charge in [-0.25, -0.2) is 4.98 Å². The van der Waals surface area contributed by atoms with E-state index in [1.807, 2.05) is 48.8 Å². The van der Waals surface area contributed by atoms with Gasteiger partial charge >= 0.3 is 0 Å². The molecule has 0 saturated carbocycles. The summed E-state index contributed by atoms with van der Waals surface area (Å²) in [5, 5.41) is 7.60. The summed E-state index contributed by atoms with van der Waals surface area (Å²) >= 11 is 0. The predicted molar refractivity (Wildman–Crippen MR) is 98.0 cm³/mol. The third-order valence-corrected chi connectivity index (χ3v) is 5.09. The molecule has 2 aromatic heterocycles. The lowest BCUT2D eigenvalue weighted by Crippen LogP contribution is -2.36. The zero-order valence-corrected chi connectivity index (χ0v) is 14.5. The van der Waals surface area contributed by atoms with Gasteiger partial charge in [-0.05, 0) is 37.9 Å². The molecule has 0 bridgehead atoms. The fourth-order valence-corrected chi connectivity index (χ4v) is 3.59. The zero-order chi connectivity index (χ0) is 17.1. The van der Waals surface area contributed by atoms with Crippen LogP contribution >= 0.6 is 0 Å². The van der Waals surface area contributed by atoms with Crippen LogP contribution in [0.5, 0.6) is 0 Å². The number of likely N-dealkylation sites (tertiary alicyclic amines) is 1. The molecule has 1 aliphatic heterocycles. The number of nitrogens with one attached hydrogen (secondary N) is 1. The van der Waals surface area contributed by atoms with E-state index in [1.165, 1.54) is 12.0 Å². The van der Waals surface area contributed by atoms with Crippen molar-refractivity contribution in [3.05, 3.63) is 66.2 Å². The molecule has 5 nitrogen and oxygen atoms in total. The van der Waals surface area contributed by atoms with E-state index in [0.29, 0.717) is 12.0 Å². The minimum absolute atomic E-state index is 0.369. The minimum atomic E-state index is 0.369. The van der Waals surface area contributed by atoms with Crippen molar-refractivity contribution in [2.24, 2.45) is 0 Å². The van der Waals surface area contributed by atoms with Crippen LogP contribution in [0.1, 0.15) is 43.1 Å². The van der Waals surface area contributed by atoms with Crippen LogP contribution < -0.4 is 0 Å². The Hall–Kier alpha value is -2.53. The normalized spacial score (nSPS) is 19.6. The summed E-state index contributed by atoms with van der Waals surface area (Å²) in [5.41, 5.74) is 2.33. The average Bonchev–Trinajstić information content (AvgIpc) is 3.19. The Morgan fingerprint density at radius 3 is 2.84 bits per heavy atom. The van der Waals surface area contributed by atoms with E-state index in [2.05, 4.69) is 33.1 Å². The molecule has 0 unspecified atom stereocenters. The van der Waals surface area contributed by atoms with E-state index < -0.39 is 0 Å². The maximum Gasteiger partial charge on any atom is 0.181 e. The lowest BCUT2D eigenvalue weighted by molar-refractivity contribution is 0.155. The van der Waals surface area contributed by atoms with Crippen molar-refractivity contribution >= 4 is 0 Å². The van der Waals surface area contributed by atoms with Gasteiger partial charge in [0.15, 0.2) is 5.82 Å². The Bertz CT molecular complexity index is 799. The number of H-pyrrole nitrogens is 1. The van der Waals surface area contributed by atoms with Crippen LogP contribution in [0.4, 0.5) is 0 Å².